The Labute approximate surface area is 115 Å². The summed E-state index contributed by atoms with van der Waals surface area (Å²) in [6, 6.07) is -0.142. The largest absolute Gasteiger partial charge is 0.481 e. The van der Waals surface area contributed by atoms with Crippen LogP contribution in [0.15, 0.2) is 6.20 Å². The van der Waals surface area contributed by atoms with Crippen molar-refractivity contribution < 1.29 is 14.7 Å². The van der Waals surface area contributed by atoms with Gasteiger partial charge < -0.3 is 15.3 Å². The van der Waals surface area contributed by atoms with Gasteiger partial charge in [-0.2, -0.15) is 0 Å². The molecule has 1 fully saturated rings. The third kappa shape index (κ3) is 3.66. The molecule has 104 valence electrons. The molecule has 0 unspecified atom stereocenters. The normalized spacial score (nSPS) is 16.4. The van der Waals surface area contributed by atoms with Crippen molar-refractivity contribution >= 4 is 23.3 Å². The Morgan fingerprint density at radius 3 is 2.74 bits per heavy atom. The first-order valence-electron chi connectivity index (χ1n) is 6.23. The van der Waals surface area contributed by atoms with Gasteiger partial charge in [-0.15, -0.1) is 11.3 Å². The van der Waals surface area contributed by atoms with E-state index in [1.54, 1.807) is 22.4 Å². The van der Waals surface area contributed by atoms with Crippen LogP contribution in [0.3, 0.4) is 0 Å². The molecule has 1 saturated heterocycles. The van der Waals surface area contributed by atoms with Gasteiger partial charge >= 0.3 is 12.0 Å². The third-order valence-electron chi connectivity index (χ3n) is 3.19. The van der Waals surface area contributed by atoms with Gasteiger partial charge in [-0.05, 0) is 19.8 Å². The number of hydrogen-bond donors (Lipinski definition) is 2. The van der Waals surface area contributed by atoms with Crippen LogP contribution in [-0.4, -0.2) is 40.1 Å². The fourth-order valence-electron chi connectivity index (χ4n) is 2.08. The number of aliphatic carboxylic acids is 1. The van der Waals surface area contributed by atoms with Crippen LogP contribution in [0.1, 0.15) is 22.7 Å². The molecule has 7 heteroatoms. The second kappa shape index (κ2) is 6.01. The predicted octanol–water partition coefficient (Wildman–Crippen LogP) is 1.46. The molecule has 1 aromatic heterocycles. The lowest BCUT2D eigenvalue weighted by atomic mass is 9.97. The number of hydrogen-bond acceptors (Lipinski definition) is 4. The topological polar surface area (TPSA) is 82.5 Å². The molecule has 2 rings (SSSR count). The van der Waals surface area contributed by atoms with Crippen molar-refractivity contribution in [3.63, 3.8) is 0 Å². The van der Waals surface area contributed by atoms with Gasteiger partial charge in [0.2, 0.25) is 0 Å². The Balaban J connectivity index is 1.77. The lowest BCUT2D eigenvalue weighted by molar-refractivity contribution is -0.143. The second-order valence-corrected chi connectivity index (χ2v) is 5.94. The lowest BCUT2D eigenvalue weighted by Gasteiger charge is -2.30. The van der Waals surface area contributed by atoms with Gasteiger partial charge in [-0.3, -0.25) is 4.79 Å². The smallest absolute Gasteiger partial charge is 0.317 e. The van der Waals surface area contributed by atoms with Gasteiger partial charge in [0.25, 0.3) is 0 Å². The number of nitrogens with zero attached hydrogens (tertiary/aromatic N) is 2. The highest BCUT2D eigenvalue weighted by Crippen LogP contribution is 2.17. The Kier molecular flexibility index (Phi) is 4.36. The lowest BCUT2D eigenvalue weighted by Crippen LogP contribution is -2.45. The van der Waals surface area contributed by atoms with E-state index in [2.05, 4.69) is 10.3 Å². The highest BCUT2D eigenvalue weighted by molar-refractivity contribution is 7.11. The molecule has 0 radical (unpaired) electrons. The van der Waals surface area contributed by atoms with Crippen molar-refractivity contribution in [3.05, 3.63) is 16.1 Å². The first kappa shape index (κ1) is 13.8. The number of aryl methyl sites for hydroxylation is 1. The number of piperidine rings is 1. The predicted molar refractivity (Wildman–Crippen MR) is 71.0 cm³/mol. The molecule has 2 heterocycles. The molecular formula is C12H17N3O3S. The van der Waals surface area contributed by atoms with Gasteiger partial charge in [0, 0.05) is 24.2 Å². The van der Waals surface area contributed by atoms with Crippen LogP contribution in [0.25, 0.3) is 0 Å². The number of nitrogens with one attached hydrogen (secondary N) is 1. The van der Waals surface area contributed by atoms with Crippen molar-refractivity contribution in [2.24, 2.45) is 5.92 Å². The van der Waals surface area contributed by atoms with E-state index in [0.29, 0.717) is 32.5 Å². The SMILES string of the molecule is Cc1cnc(CNC(=O)N2CCC(C(=O)O)CC2)s1. The van der Waals surface area contributed by atoms with E-state index in [4.69, 9.17) is 5.11 Å². The molecule has 2 amide bonds. The summed E-state index contributed by atoms with van der Waals surface area (Å²) in [5, 5.41) is 12.6. The molecule has 6 nitrogen and oxygen atoms in total. The maximum Gasteiger partial charge on any atom is 0.317 e. The Bertz CT molecular complexity index is 467. The van der Waals surface area contributed by atoms with E-state index in [-0.39, 0.29) is 11.9 Å². The number of rotatable bonds is 3. The molecule has 0 spiro atoms. The minimum absolute atomic E-state index is 0.142. The summed E-state index contributed by atoms with van der Waals surface area (Å²) in [4.78, 5) is 29.7. The van der Waals surface area contributed by atoms with Crippen LogP contribution in [0, 0.1) is 12.8 Å². The first-order valence-corrected chi connectivity index (χ1v) is 7.05. The molecule has 1 aromatic rings. The summed E-state index contributed by atoms with van der Waals surface area (Å²) in [6.07, 6.45) is 2.84. The quantitative estimate of drug-likeness (QED) is 0.879. The number of amides is 2. The summed E-state index contributed by atoms with van der Waals surface area (Å²) in [7, 11) is 0. The molecule has 19 heavy (non-hydrogen) atoms. The second-order valence-electron chi connectivity index (χ2n) is 4.62. The summed E-state index contributed by atoms with van der Waals surface area (Å²) in [5.74, 6) is -1.08. The highest BCUT2D eigenvalue weighted by Gasteiger charge is 2.26. The number of thiazole rings is 1. The van der Waals surface area contributed by atoms with E-state index in [1.807, 2.05) is 6.92 Å². The van der Waals surface area contributed by atoms with Crippen molar-refractivity contribution in [1.29, 1.82) is 0 Å². The highest BCUT2D eigenvalue weighted by atomic mass is 32.1. The summed E-state index contributed by atoms with van der Waals surface area (Å²) in [6.45, 7) is 3.40. The van der Waals surface area contributed by atoms with Gasteiger partial charge in [0.05, 0.1) is 12.5 Å². The van der Waals surface area contributed by atoms with Crippen LogP contribution in [-0.2, 0) is 11.3 Å². The first-order chi connectivity index (χ1) is 9.06. The van der Waals surface area contributed by atoms with E-state index in [0.717, 1.165) is 9.88 Å². The summed E-state index contributed by atoms with van der Waals surface area (Å²) in [5.41, 5.74) is 0. The van der Waals surface area contributed by atoms with Crippen LogP contribution in [0.2, 0.25) is 0 Å². The van der Waals surface area contributed by atoms with Gasteiger partial charge in [-0.25, -0.2) is 9.78 Å². The van der Waals surface area contributed by atoms with E-state index < -0.39 is 5.97 Å². The van der Waals surface area contributed by atoms with Gasteiger partial charge in [0.1, 0.15) is 5.01 Å². The van der Waals surface area contributed by atoms with Crippen molar-refractivity contribution in [3.8, 4) is 0 Å². The Hall–Kier alpha value is -1.63. The molecule has 1 aliphatic rings. The number of carboxylic acids is 1. The molecule has 0 aliphatic carbocycles. The van der Waals surface area contributed by atoms with Crippen molar-refractivity contribution in [2.45, 2.75) is 26.3 Å². The third-order valence-corrected chi connectivity index (χ3v) is 4.10. The fraction of sp³-hybridized carbons (Fsp3) is 0.583. The zero-order valence-corrected chi connectivity index (χ0v) is 11.6. The zero-order chi connectivity index (χ0) is 13.8. The van der Waals surface area contributed by atoms with Gasteiger partial charge in [0.15, 0.2) is 0 Å². The Morgan fingerprint density at radius 2 is 2.21 bits per heavy atom. The minimum atomic E-state index is -0.765. The molecule has 1 aliphatic heterocycles. The number of carboxylic acid groups (broad SMARTS) is 1. The molecule has 0 bridgehead atoms. The maximum absolute atomic E-state index is 11.9. The molecular weight excluding hydrogens is 266 g/mol. The monoisotopic (exact) mass is 283 g/mol. The van der Waals surface area contributed by atoms with Crippen LogP contribution >= 0.6 is 11.3 Å². The maximum atomic E-state index is 11.9. The van der Waals surface area contributed by atoms with E-state index in [9.17, 15) is 9.59 Å². The van der Waals surface area contributed by atoms with Crippen LogP contribution in [0.5, 0.6) is 0 Å². The summed E-state index contributed by atoms with van der Waals surface area (Å²) >= 11 is 1.56. The average Bonchev–Trinajstić information content (AvgIpc) is 2.82. The molecule has 0 aromatic carbocycles. The van der Waals surface area contributed by atoms with E-state index >= 15 is 0 Å². The van der Waals surface area contributed by atoms with Gasteiger partial charge in [-0.1, -0.05) is 0 Å². The molecule has 2 N–H and O–H groups in total. The van der Waals surface area contributed by atoms with Crippen LogP contribution < -0.4 is 5.32 Å². The van der Waals surface area contributed by atoms with E-state index in [1.165, 1.54) is 0 Å². The zero-order valence-electron chi connectivity index (χ0n) is 10.8. The Morgan fingerprint density at radius 1 is 1.53 bits per heavy atom. The molecule has 0 saturated carbocycles. The number of urea groups is 1. The molecule has 0 atom stereocenters. The standard InChI is InChI=1S/C12H17N3O3S/c1-8-6-13-10(19-8)7-14-12(18)15-4-2-9(3-5-15)11(16)17/h6,9H,2-5,7H2,1H3,(H,14,18)(H,16,17). The average molecular weight is 283 g/mol. The number of aromatic nitrogens is 1. The number of carbonyl (C=O) groups excluding carboxylic acids is 1. The fourth-order valence-corrected chi connectivity index (χ4v) is 2.80. The van der Waals surface area contributed by atoms with Crippen molar-refractivity contribution in [2.75, 3.05) is 13.1 Å². The number of likely N-dealkylation sites (tertiary alicyclic amines) is 1. The summed E-state index contributed by atoms with van der Waals surface area (Å²) < 4.78 is 0. The minimum Gasteiger partial charge on any atom is -0.481 e. The van der Waals surface area contributed by atoms with Crippen molar-refractivity contribution in [1.82, 2.24) is 15.2 Å². The van der Waals surface area contributed by atoms with Crippen LogP contribution in [0.4, 0.5) is 4.79 Å². The number of carbonyl (C=O) groups is 2.